The summed E-state index contributed by atoms with van der Waals surface area (Å²) in [5, 5.41) is 0. The van der Waals surface area contributed by atoms with Crippen LogP contribution in [-0.2, 0) is 0 Å². The van der Waals surface area contributed by atoms with Crippen molar-refractivity contribution < 1.29 is 13.6 Å². The normalized spacial score (nSPS) is 10.6. The molecule has 2 rings (SSSR count). The van der Waals surface area contributed by atoms with Crippen molar-refractivity contribution in [1.29, 1.82) is 0 Å². The van der Waals surface area contributed by atoms with Gasteiger partial charge in [-0.1, -0.05) is 0 Å². The Labute approximate surface area is 107 Å². The summed E-state index contributed by atoms with van der Waals surface area (Å²) >= 11 is 3.06. The number of carbonyl (C=O) groups is 1. The summed E-state index contributed by atoms with van der Waals surface area (Å²) in [4.78, 5) is 12.1. The molecule has 2 aromatic rings. The summed E-state index contributed by atoms with van der Waals surface area (Å²) in [5.74, 6) is 0.710. The highest BCUT2D eigenvalue weighted by atomic mass is 79.9. The molecule has 1 aromatic carbocycles. The van der Waals surface area contributed by atoms with Crippen molar-refractivity contribution in [3.05, 3.63) is 57.2 Å². The third kappa shape index (κ3) is 2.31. The largest absolute Gasteiger partial charge is 0.466 e. The first-order valence-electron chi connectivity index (χ1n) is 5.06. The molecule has 0 atom stereocenters. The number of carbonyl (C=O) groups excluding carboxylic acids is 1. The average Bonchev–Trinajstić information content (AvgIpc) is 2.61. The van der Waals surface area contributed by atoms with Gasteiger partial charge in [-0.25, -0.2) is 4.39 Å². The second kappa shape index (κ2) is 4.45. The predicted molar refractivity (Wildman–Crippen MR) is 65.7 cm³/mol. The molecular formula is C13H10BrFO2. The monoisotopic (exact) mass is 296 g/mol. The molecule has 0 aliphatic rings. The number of furan rings is 1. The molecule has 0 spiro atoms. The summed E-state index contributed by atoms with van der Waals surface area (Å²) in [6, 6.07) is 5.89. The van der Waals surface area contributed by atoms with Crippen molar-refractivity contribution in [2.45, 2.75) is 13.8 Å². The Bertz CT molecular complexity index is 587. The van der Waals surface area contributed by atoms with Gasteiger partial charge in [0, 0.05) is 5.56 Å². The molecule has 0 aliphatic carbocycles. The lowest BCUT2D eigenvalue weighted by molar-refractivity contribution is 0.103. The van der Waals surface area contributed by atoms with Gasteiger partial charge in [0.05, 0.1) is 10.0 Å². The third-order valence-corrected chi connectivity index (χ3v) is 3.08. The second-order valence-electron chi connectivity index (χ2n) is 3.78. The molecule has 2 nitrogen and oxygen atoms in total. The highest BCUT2D eigenvalue weighted by molar-refractivity contribution is 9.10. The SMILES string of the molecule is Cc1cc(C(=O)c2ccc(F)c(Br)c2)c(C)o1. The highest BCUT2D eigenvalue weighted by Gasteiger charge is 2.16. The van der Waals surface area contributed by atoms with E-state index in [2.05, 4.69) is 15.9 Å². The Morgan fingerprint density at radius 1 is 1.29 bits per heavy atom. The van der Waals surface area contributed by atoms with Crippen molar-refractivity contribution in [2.75, 3.05) is 0 Å². The maximum atomic E-state index is 13.1. The topological polar surface area (TPSA) is 30.2 Å². The van der Waals surface area contributed by atoms with Crippen molar-refractivity contribution >= 4 is 21.7 Å². The van der Waals surface area contributed by atoms with Gasteiger partial charge in [-0.2, -0.15) is 0 Å². The van der Waals surface area contributed by atoms with Crippen LogP contribution in [0.2, 0.25) is 0 Å². The molecule has 0 amide bonds. The van der Waals surface area contributed by atoms with Crippen LogP contribution in [0.3, 0.4) is 0 Å². The number of aryl methyl sites for hydroxylation is 2. The van der Waals surface area contributed by atoms with Gasteiger partial charge in [-0.15, -0.1) is 0 Å². The molecule has 0 radical (unpaired) electrons. The zero-order valence-electron chi connectivity index (χ0n) is 9.38. The number of halogens is 2. The molecule has 0 saturated carbocycles. The molecule has 0 N–H and O–H groups in total. The van der Waals surface area contributed by atoms with Gasteiger partial charge in [0.2, 0.25) is 0 Å². The third-order valence-electron chi connectivity index (χ3n) is 2.47. The fraction of sp³-hybridized carbons (Fsp3) is 0.154. The van der Waals surface area contributed by atoms with Crippen molar-refractivity contribution in [2.24, 2.45) is 0 Å². The lowest BCUT2D eigenvalue weighted by Crippen LogP contribution is -2.01. The Hall–Kier alpha value is -1.42. The van der Waals surface area contributed by atoms with Crippen LogP contribution in [0, 0.1) is 19.7 Å². The first kappa shape index (κ1) is 12.0. The Morgan fingerprint density at radius 2 is 2.00 bits per heavy atom. The van der Waals surface area contributed by atoms with Crippen LogP contribution < -0.4 is 0 Å². The first-order chi connectivity index (χ1) is 7.99. The van der Waals surface area contributed by atoms with Crippen LogP contribution in [0.5, 0.6) is 0 Å². The fourth-order valence-corrected chi connectivity index (χ4v) is 2.03. The van der Waals surface area contributed by atoms with Crippen molar-refractivity contribution in [1.82, 2.24) is 0 Å². The minimum absolute atomic E-state index is 0.167. The number of hydrogen-bond donors (Lipinski definition) is 0. The van der Waals surface area contributed by atoms with Crippen molar-refractivity contribution in [3.63, 3.8) is 0 Å². The summed E-state index contributed by atoms with van der Waals surface area (Å²) in [6.45, 7) is 3.52. The van der Waals surface area contributed by atoms with Gasteiger partial charge in [0.15, 0.2) is 5.78 Å². The van der Waals surface area contributed by atoms with Gasteiger partial charge in [-0.05, 0) is 54.0 Å². The molecule has 0 aliphatic heterocycles. The number of ketones is 1. The van der Waals surface area contributed by atoms with Crippen LogP contribution >= 0.6 is 15.9 Å². The Balaban J connectivity index is 2.44. The minimum Gasteiger partial charge on any atom is -0.466 e. The maximum Gasteiger partial charge on any atom is 0.196 e. The summed E-state index contributed by atoms with van der Waals surface area (Å²) < 4.78 is 18.7. The molecule has 1 heterocycles. The van der Waals surface area contributed by atoms with E-state index in [1.54, 1.807) is 19.9 Å². The number of hydrogen-bond acceptors (Lipinski definition) is 2. The molecule has 0 bridgehead atoms. The van der Waals surface area contributed by atoms with Gasteiger partial charge in [0.1, 0.15) is 17.3 Å². The van der Waals surface area contributed by atoms with E-state index < -0.39 is 0 Å². The van der Waals surface area contributed by atoms with Crippen LogP contribution in [0.4, 0.5) is 4.39 Å². The molecule has 0 unspecified atom stereocenters. The van der Waals surface area contributed by atoms with E-state index in [9.17, 15) is 9.18 Å². The zero-order valence-corrected chi connectivity index (χ0v) is 11.0. The van der Waals surface area contributed by atoms with Gasteiger partial charge >= 0.3 is 0 Å². The van der Waals surface area contributed by atoms with Crippen LogP contribution in [0.1, 0.15) is 27.4 Å². The predicted octanol–water partition coefficient (Wildman–Crippen LogP) is 4.03. The Kier molecular flexibility index (Phi) is 3.15. The van der Waals surface area contributed by atoms with E-state index >= 15 is 0 Å². The lowest BCUT2D eigenvalue weighted by atomic mass is 10.0. The maximum absolute atomic E-state index is 13.1. The molecule has 1 aromatic heterocycles. The van der Waals surface area contributed by atoms with Gasteiger partial charge in [-0.3, -0.25) is 4.79 Å². The molecule has 17 heavy (non-hydrogen) atoms. The number of benzene rings is 1. The summed E-state index contributed by atoms with van der Waals surface area (Å²) in [6.07, 6.45) is 0. The smallest absolute Gasteiger partial charge is 0.196 e. The fourth-order valence-electron chi connectivity index (χ4n) is 1.65. The molecule has 0 saturated heterocycles. The molecule has 88 valence electrons. The van der Waals surface area contributed by atoms with E-state index in [1.807, 2.05) is 0 Å². The summed E-state index contributed by atoms with van der Waals surface area (Å²) in [7, 11) is 0. The molecule has 0 fully saturated rings. The Morgan fingerprint density at radius 3 is 2.53 bits per heavy atom. The van der Waals surface area contributed by atoms with Crippen LogP contribution in [0.15, 0.2) is 33.2 Å². The molecular weight excluding hydrogens is 287 g/mol. The van der Waals surface area contributed by atoms with Crippen molar-refractivity contribution in [3.8, 4) is 0 Å². The zero-order chi connectivity index (χ0) is 12.6. The van der Waals surface area contributed by atoms with E-state index in [0.29, 0.717) is 22.6 Å². The summed E-state index contributed by atoms with van der Waals surface area (Å²) in [5.41, 5.74) is 0.947. The second-order valence-corrected chi connectivity index (χ2v) is 4.64. The standard InChI is InChI=1S/C13H10BrFO2/c1-7-5-10(8(2)17-7)13(16)9-3-4-12(15)11(14)6-9/h3-6H,1-2H3. The van der Waals surface area contributed by atoms with E-state index in [4.69, 9.17) is 4.42 Å². The van der Waals surface area contributed by atoms with E-state index in [1.165, 1.54) is 18.2 Å². The van der Waals surface area contributed by atoms with E-state index in [0.717, 1.165) is 0 Å². The van der Waals surface area contributed by atoms with Crippen LogP contribution in [0.25, 0.3) is 0 Å². The highest BCUT2D eigenvalue weighted by Crippen LogP contribution is 2.22. The lowest BCUT2D eigenvalue weighted by Gasteiger charge is -2.01. The first-order valence-corrected chi connectivity index (χ1v) is 5.85. The molecule has 4 heteroatoms. The van der Waals surface area contributed by atoms with Gasteiger partial charge < -0.3 is 4.42 Å². The van der Waals surface area contributed by atoms with E-state index in [-0.39, 0.29) is 16.1 Å². The minimum atomic E-state index is -0.387. The van der Waals surface area contributed by atoms with Gasteiger partial charge in [0.25, 0.3) is 0 Å². The number of rotatable bonds is 2. The van der Waals surface area contributed by atoms with Crippen LogP contribution in [-0.4, -0.2) is 5.78 Å². The average molecular weight is 297 g/mol. The quantitative estimate of drug-likeness (QED) is 0.783.